The topological polar surface area (TPSA) is 70.8 Å². The Balaban J connectivity index is 1.52. The van der Waals surface area contributed by atoms with Gasteiger partial charge in [-0.2, -0.15) is 9.61 Å². The fraction of sp³-hybridized carbons (Fsp3) is 0.211. The average Bonchev–Trinajstić information content (AvgIpc) is 3.29. The number of hydrogen-bond acceptors (Lipinski definition) is 7. The van der Waals surface area contributed by atoms with E-state index in [9.17, 15) is 0 Å². The molecule has 0 saturated heterocycles. The van der Waals surface area contributed by atoms with Crippen LogP contribution in [0.2, 0.25) is 0 Å². The van der Waals surface area contributed by atoms with Gasteiger partial charge in [0.05, 0.1) is 12.2 Å². The van der Waals surface area contributed by atoms with Crippen LogP contribution in [-0.2, 0) is 0 Å². The van der Waals surface area contributed by atoms with Gasteiger partial charge in [0.2, 0.25) is 4.96 Å². The summed E-state index contributed by atoms with van der Waals surface area (Å²) < 4.78 is 19.3. The molecule has 7 nitrogen and oxygen atoms in total. The molecule has 0 saturated carbocycles. The first-order valence-electron chi connectivity index (χ1n) is 8.66. The van der Waals surface area contributed by atoms with E-state index in [2.05, 4.69) is 10.2 Å². The SMILES string of the molecule is CCOc1ccccc1-c1nn2c(C3COc4ccccc4O3)nnc2s1. The molecular formula is C19H16N4O3S. The van der Waals surface area contributed by atoms with Gasteiger partial charge in [0.25, 0.3) is 0 Å². The van der Waals surface area contributed by atoms with E-state index in [1.54, 1.807) is 4.52 Å². The van der Waals surface area contributed by atoms with E-state index < -0.39 is 0 Å². The third-order valence-electron chi connectivity index (χ3n) is 4.23. The summed E-state index contributed by atoms with van der Waals surface area (Å²) in [5, 5.41) is 14.1. The summed E-state index contributed by atoms with van der Waals surface area (Å²) in [6.07, 6.45) is -0.369. The van der Waals surface area contributed by atoms with E-state index in [0.29, 0.717) is 29.7 Å². The summed E-state index contributed by atoms with van der Waals surface area (Å²) in [5.74, 6) is 2.86. The number of hydrogen-bond donors (Lipinski definition) is 0. The number of fused-ring (bicyclic) bond motifs is 2. The molecule has 2 aromatic heterocycles. The van der Waals surface area contributed by atoms with Gasteiger partial charge in [-0.1, -0.05) is 35.6 Å². The highest BCUT2D eigenvalue weighted by atomic mass is 32.1. The molecule has 27 heavy (non-hydrogen) atoms. The zero-order valence-electron chi connectivity index (χ0n) is 14.5. The predicted molar refractivity (Wildman–Crippen MR) is 101 cm³/mol. The normalized spacial score (nSPS) is 15.8. The van der Waals surface area contributed by atoms with Gasteiger partial charge >= 0.3 is 0 Å². The highest BCUT2D eigenvalue weighted by molar-refractivity contribution is 7.19. The minimum absolute atomic E-state index is 0.361. The minimum Gasteiger partial charge on any atom is -0.493 e. The lowest BCUT2D eigenvalue weighted by Gasteiger charge is -2.24. The van der Waals surface area contributed by atoms with Crippen molar-refractivity contribution in [2.75, 3.05) is 13.2 Å². The Hall–Kier alpha value is -3.13. The molecule has 0 aliphatic carbocycles. The summed E-state index contributed by atoms with van der Waals surface area (Å²) in [4.78, 5) is 0.703. The van der Waals surface area contributed by atoms with Crippen molar-refractivity contribution >= 4 is 16.3 Å². The number of para-hydroxylation sites is 3. The molecule has 0 bridgehead atoms. The number of nitrogens with zero attached hydrogens (tertiary/aromatic N) is 4. The Bertz CT molecular complexity index is 1110. The molecular weight excluding hydrogens is 364 g/mol. The first-order chi connectivity index (χ1) is 13.3. The van der Waals surface area contributed by atoms with E-state index >= 15 is 0 Å². The van der Waals surface area contributed by atoms with Gasteiger partial charge < -0.3 is 14.2 Å². The van der Waals surface area contributed by atoms with Gasteiger partial charge in [-0.15, -0.1) is 10.2 Å². The lowest BCUT2D eigenvalue weighted by atomic mass is 10.2. The number of aromatic nitrogens is 4. The summed E-state index contributed by atoms with van der Waals surface area (Å²) >= 11 is 1.46. The van der Waals surface area contributed by atoms with Crippen molar-refractivity contribution in [3.05, 3.63) is 54.4 Å². The molecule has 0 N–H and O–H groups in total. The molecule has 2 aromatic carbocycles. The summed E-state index contributed by atoms with van der Waals surface area (Å²) in [7, 11) is 0. The Morgan fingerprint density at radius 1 is 1.11 bits per heavy atom. The summed E-state index contributed by atoms with van der Waals surface area (Å²) in [5.41, 5.74) is 0.937. The summed E-state index contributed by atoms with van der Waals surface area (Å²) in [6, 6.07) is 15.4. The first-order valence-corrected chi connectivity index (χ1v) is 9.48. The molecule has 1 unspecified atom stereocenters. The number of rotatable bonds is 4. The van der Waals surface area contributed by atoms with E-state index in [4.69, 9.17) is 19.3 Å². The van der Waals surface area contributed by atoms with E-state index in [1.807, 2.05) is 55.5 Å². The minimum atomic E-state index is -0.369. The van der Waals surface area contributed by atoms with Gasteiger partial charge in [-0.3, -0.25) is 0 Å². The second-order valence-electron chi connectivity index (χ2n) is 5.95. The third-order valence-corrected chi connectivity index (χ3v) is 5.16. The maximum absolute atomic E-state index is 6.05. The van der Waals surface area contributed by atoms with Crippen LogP contribution in [0.5, 0.6) is 17.2 Å². The van der Waals surface area contributed by atoms with Gasteiger partial charge in [0, 0.05) is 0 Å². The highest BCUT2D eigenvalue weighted by Gasteiger charge is 2.28. The van der Waals surface area contributed by atoms with Crippen LogP contribution in [0.4, 0.5) is 0 Å². The Labute approximate surface area is 159 Å². The molecule has 0 radical (unpaired) electrons. The van der Waals surface area contributed by atoms with Crippen molar-refractivity contribution in [2.45, 2.75) is 13.0 Å². The standard InChI is InChI=1S/C19H16N4O3S/c1-2-24-13-8-4-3-7-12(13)18-22-23-17(20-21-19(23)27-18)16-11-25-14-9-5-6-10-15(14)26-16/h3-10,16H,2,11H2,1H3. The lowest BCUT2D eigenvalue weighted by molar-refractivity contribution is 0.0836. The van der Waals surface area contributed by atoms with Crippen molar-refractivity contribution in [3.8, 4) is 27.8 Å². The van der Waals surface area contributed by atoms with Crippen LogP contribution in [0.1, 0.15) is 18.9 Å². The quantitative estimate of drug-likeness (QED) is 0.537. The van der Waals surface area contributed by atoms with Crippen molar-refractivity contribution in [1.82, 2.24) is 19.8 Å². The maximum atomic E-state index is 6.05. The molecule has 1 aliphatic rings. The zero-order valence-corrected chi connectivity index (χ0v) is 15.3. The maximum Gasteiger partial charge on any atom is 0.235 e. The second-order valence-corrected chi connectivity index (χ2v) is 6.91. The molecule has 4 aromatic rings. The fourth-order valence-corrected chi connectivity index (χ4v) is 3.89. The summed E-state index contributed by atoms with van der Waals surface area (Å²) in [6.45, 7) is 2.92. The van der Waals surface area contributed by atoms with E-state index in [-0.39, 0.29) is 6.10 Å². The first kappa shape index (κ1) is 16.1. The van der Waals surface area contributed by atoms with Crippen LogP contribution in [0, 0.1) is 0 Å². The van der Waals surface area contributed by atoms with Gasteiger partial charge in [0.15, 0.2) is 28.4 Å². The van der Waals surface area contributed by atoms with Gasteiger partial charge in [-0.25, -0.2) is 0 Å². The molecule has 3 heterocycles. The van der Waals surface area contributed by atoms with Crippen LogP contribution >= 0.6 is 11.3 Å². The largest absolute Gasteiger partial charge is 0.493 e. The van der Waals surface area contributed by atoms with Crippen LogP contribution in [0.25, 0.3) is 15.5 Å². The average molecular weight is 380 g/mol. The van der Waals surface area contributed by atoms with Crippen molar-refractivity contribution < 1.29 is 14.2 Å². The smallest absolute Gasteiger partial charge is 0.235 e. The third kappa shape index (κ3) is 2.78. The van der Waals surface area contributed by atoms with Crippen LogP contribution < -0.4 is 14.2 Å². The predicted octanol–water partition coefficient (Wildman–Crippen LogP) is 3.76. The van der Waals surface area contributed by atoms with Crippen molar-refractivity contribution in [1.29, 1.82) is 0 Å². The number of ether oxygens (including phenoxy) is 3. The Morgan fingerprint density at radius 3 is 2.81 bits per heavy atom. The zero-order chi connectivity index (χ0) is 18.2. The van der Waals surface area contributed by atoms with E-state index in [1.165, 1.54) is 11.3 Å². The highest BCUT2D eigenvalue weighted by Crippen LogP contribution is 2.37. The Morgan fingerprint density at radius 2 is 1.93 bits per heavy atom. The van der Waals surface area contributed by atoms with Crippen LogP contribution in [-0.4, -0.2) is 33.0 Å². The lowest BCUT2D eigenvalue weighted by Crippen LogP contribution is -2.23. The molecule has 1 atom stereocenters. The van der Waals surface area contributed by atoms with Gasteiger partial charge in [0.1, 0.15) is 12.4 Å². The molecule has 8 heteroatoms. The molecule has 136 valence electrons. The van der Waals surface area contributed by atoms with Crippen molar-refractivity contribution in [2.24, 2.45) is 0 Å². The molecule has 1 aliphatic heterocycles. The number of benzene rings is 2. The molecule has 5 rings (SSSR count). The monoisotopic (exact) mass is 380 g/mol. The van der Waals surface area contributed by atoms with E-state index in [0.717, 1.165) is 22.1 Å². The van der Waals surface area contributed by atoms with Crippen molar-refractivity contribution in [3.63, 3.8) is 0 Å². The molecule has 0 amide bonds. The molecule has 0 fully saturated rings. The second kappa shape index (κ2) is 6.55. The fourth-order valence-electron chi connectivity index (χ4n) is 3.01. The Kier molecular flexibility index (Phi) is 3.90. The molecule has 0 spiro atoms. The van der Waals surface area contributed by atoms with Gasteiger partial charge in [-0.05, 0) is 31.2 Å². The van der Waals surface area contributed by atoms with Crippen LogP contribution in [0.3, 0.4) is 0 Å². The van der Waals surface area contributed by atoms with Crippen LogP contribution in [0.15, 0.2) is 48.5 Å².